The molecule has 3 aromatic rings. The molecule has 0 radical (unpaired) electrons. The van der Waals surface area contributed by atoms with Gasteiger partial charge in [0, 0.05) is 35.2 Å². The van der Waals surface area contributed by atoms with Crippen molar-refractivity contribution >= 4 is 28.4 Å². The smallest absolute Gasteiger partial charge is 0.253 e. The van der Waals surface area contributed by atoms with Crippen LogP contribution in [-0.4, -0.2) is 45.6 Å². The molecule has 170 valence electrons. The number of carbonyl (C=O) groups is 3. The van der Waals surface area contributed by atoms with Crippen LogP contribution in [0, 0.1) is 0 Å². The van der Waals surface area contributed by atoms with Gasteiger partial charge in [-0.3, -0.25) is 14.4 Å². The van der Waals surface area contributed by atoms with Crippen LogP contribution in [0.15, 0.2) is 48.5 Å². The van der Waals surface area contributed by atoms with Crippen LogP contribution in [0.1, 0.15) is 82.2 Å². The largest absolute Gasteiger partial charge is 0.506 e. The maximum atomic E-state index is 13.3. The van der Waals surface area contributed by atoms with Crippen LogP contribution in [0.4, 0.5) is 0 Å². The standard InChI is InChI=1S/C27H28N2O4/c1-3-5-13-29(14-6-4-2)27(33)18-11-12-19-20(15-18)26(32)23(25(19)31)24-22(30)16-17-9-7-8-10-21(17)28-24/h7-12,15-16,23,30H,3-6,13-14H2,1-2H3. The van der Waals surface area contributed by atoms with Gasteiger partial charge in [0.2, 0.25) is 0 Å². The number of para-hydroxylation sites is 1. The normalized spacial score (nSPS) is 15.2. The molecule has 1 heterocycles. The molecule has 1 atom stereocenters. The number of nitrogens with zero attached hydrogens (tertiary/aromatic N) is 2. The minimum atomic E-state index is -1.20. The molecule has 33 heavy (non-hydrogen) atoms. The minimum Gasteiger partial charge on any atom is -0.506 e. The van der Waals surface area contributed by atoms with Gasteiger partial charge in [0.05, 0.1) is 5.52 Å². The Morgan fingerprint density at radius 1 is 0.939 bits per heavy atom. The van der Waals surface area contributed by atoms with E-state index in [-0.39, 0.29) is 28.5 Å². The van der Waals surface area contributed by atoms with Gasteiger partial charge in [-0.2, -0.15) is 0 Å². The fraction of sp³-hybridized carbons (Fsp3) is 0.333. The van der Waals surface area contributed by atoms with Crippen molar-refractivity contribution in [3.8, 4) is 5.75 Å². The topological polar surface area (TPSA) is 87.6 Å². The molecule has 0 spiro atoms. The number of hydrogen-bond donors (Lipinski definition) is 1. The Kier molecular flexibility index (Phi) is 6.54. The summed E-state index contributed by atoms with van der Waals surface area (Å²) in [5.41, 5.74) is 1.54. The fourth-order valence-electron chi connectivity index (χ4n) is 4.30. The molecular weight excluding hydrogens is 416 g/mol. The van der Waals surface area contributed by atoms with Crippen LogP contribution in [0.3, 0.4) is 0 Å². The molecule has 1 N–H and O–H groups in total. The minimum absolute atomic E-state index is 0.0558. The molecule has 0 fully saturated rings. The lowest BCUT2D eigenvalue weighted by atomic mass is 9.97. The Hall–Kier alpha value is -3.54. The van der Waals surface area contributed by atoms with Crippen molar-refractivity contribution in [1.29, 1.82) is 0 Å². The highest BCUT2D eigenvalue weighted by atomic mass is 16.3. The average Bonchev–Trinajstić information content (AvgIpc) is 3.07. The van der Waals surface area contributed by atoms with E-state index in [1.807, 2.05) is 17.0 Å². The number of pyridine rings is 1. The first-order valence-electron chi connectivity index (χ1n) is 11.6. The number of unbranched alkanes of at least 4 members (excludes halogenated alkanes) is 2. The predicted octanol–water partition coefficient (Wildman–Crippen LogP) is 5.15. The van der Waals surface area contributed by atoms with E-state index >= 15 is 0 Å². The van der Waals surface area contributed by atoms with Gasteiger partial charge < -0.3 is 10.0 Å². The molecule has 0 bridgehead atoms. The van der Waals surface area contributed by atoms with Gasteiger partial charge >= 0.3 is 0 Å². The Morgan fingerprint density at radius 3 is 2.30 bits per heavy atom. The molecule has 1 amide bonds. The van der Waals surface area contributed by atoms with Crippen molar-refractivity contribution in [2.24, 2.45) is 0 Å². The number of fused-ring (bicyclic) bond motifs is 2. The van der Waals surface area contributed by atoms with Gasteiger partial charge in [0.1, 0.15) is 17.4 Å². The summed E-state index contributed by atoms with van der Waals surface area (Å²) in [6.07, 6.45) is 3.79. The molecule has 1 aromatic heterocycles. The summed E-state index contributed by atoms with van der Waals surface area (Å²) in [6, 6.07) is 13.4. The Labute approximate surface area is 193 Å². The van der Waals surface area contributed by atoms with Crippen LogP contribution < -0.4 is 0 Å². The van der Waals surface area contributed by atoms with Crippen molar-refractivity contribution in [1.82, 2.24) is 9.88 Å². The third-order valence-electron chi connectivity index (χ3n) is 6.18. The molecule has 0 saturated carbocycles. The second-order valence-corrected chi connectivity index (χ2v) is 8.51. The highest BCUT2D eigenvalue weighted by molar-refractivity contribution is 6.30. The Balaban J connectivity index is 1.67. The second-order valence-electron chi connectivity index (χ2n) is 8.51. The SMILES string of the molecule is CCCCN(CCCC)C(=O)c1ccc2c(c1)C(=O)C(c1nc3ccccc3cc1O)C2=O. The van der Waals surface area contributed by atoms with E-state index in [2.05, 4.69) is 18.8 Å². The van der Waals surface area contributed by atoms with E-state index in [1.165, 1.54) is 12.1 Å². The van der Waals surface area contributed by atoms with Gasteiger partial charge in [0.25, 0.3) is 5.91 Å². The lowest BCUT2D eigenvalue weighted by molar-refractivity contribution is 0.0750. The Bertz CT molecular complexity index is 1230. The summed E-state index contributed by atoms with van der Waals surface area (Å²) in [5, 5.41) is 11.3. The van der Waals surface area contributed by atoms with E-state index < -0.39 is 17.5 Å². The molecule has 6 heteroatoms. The third kappa shape index (κ3) is 4.25. The lowest BCUT2D eigenvalue weighted by Gasteiger charge is -2.22. The highest BCUT2D eigenvalue weighted by Gasteiger charge is 2.42. The summed E-state index contributed by atoms with van der Waals surface area (Å²) in [7, 11) is 0. The summed E-state index contributed by atoms with van der Waals surface area (Å²) < 4.78 is 0. The fourth-order valence-corrected chi connectivity index (χ4v) is 4.30. The number of carbonyl (C=O) groups excluding carboxylic acids is 3. The van der Waals surface area contributed by atoms with Gasteiger partial charge in [-0.15, -0.1) is 0 Å². The van der Waals surface area contributed by atoms with Crippen molar-refractivity contribution in [3.63, 3.8) is 0 Å². The number of ketones is 2. The Morgan fingerprint density at radius 2 is 1.61 bits per heavy atom. The summed E-state index contributed by atoms with van der Waals surface area (Å²) in [4.78, 5) is 45.8. The maximum absolute atomic E-state index is 13.3. The van der Waals surface area contributed by atoms with Crippen LogP contribution in [0.25, 0.3) is 10.9 Å². The third-order valence-corrected chi connectivity index (χ3v) is 6.18. The van der Waals surface area contributed by atoms with E-state index in [0.29, 0.717) is 24.2 Å². The molecular formula is C27H28N2O4. The monoisotopic (exact) mass is 444 g/mol. The van der Waals surface area contributed by atoms with Gasteiger partial charge in [-0.25, -0.2) is 4.98 Å². The zero-order chi connectivity index (χ0) is 23.5. The molecule has 4 rings (SSSR count). The number of rotatable bonds is 8. The molecule has 0 aliphatic heterocycles. The molecule has 2 aromatic carbocycles. The number of aromatic hydroxyl groups is 1. The van der Waals surface area contributed by atoms with E-state index in [9.17, 15) is 19.5 Å². The number of amides is 1. The van der Waals surface area contributed by atoms with E-state index in [1.54, 1.807) is 24.3 Å². The first kappa shape index (κ1) is 22.6. The average molecular weight is 445 g/mol. The predicted molar refractivity (Wildman–Crippen MR) is 127 cm³/mol. The van der Waals surface area contributed by atoms with Crippen LogP contribution in [-0.2, 0) is 0 Å². The summed E-state index contributed by atoms with van der Waals surface area (Å²) >= 11 is 0. The van der Waals surface area contributed by atoms with Gasteiger partial charge in [0.15, 0.2) is 11.6 Å². The van der Waals surface area contributed by atoms with Gasteiger partial charge in [-0.1, -0.05) is 44.9 Å². The number of benzene rings is 2. The van der Waals surface area contributed by atoms with Crippen LogP contribution in [0.2, 0.25) is 0 Å². The van der Waals surface area contributed by atoms with Gasteiger partial charge in [-0.05, 0) is 43.2 Å². The van der Waals surface area contributed by atoms with Crippen molar-refractivity contribution in [2.45, 2.75) is 45.4 Å². The first-order chi connectivity index (χ1) is 16.0. The number of hydrogen-bond acceptors (Lipinski definition) is 5. The molecule has 1 aliphatic rings. The van der Waals surface area contributed by atoms with E-state index in [4.69, 9.17) is 0 Å². The summed E-state index contributed by atoms with van der Waals surface area (Å²) in [5.74, 6) is -2.35. The first-order valence-corrected chi connectivity index (χ1v) is 11.6. The molecule has 0 saturated heterocycles. The zero-order valence-electron chi connectivity index (χ0n) is 19.0. The summed E-state index contributed by atoms with van der Waals surface area (Å²) in [6.45, 7) is 5.49. The number of aromatic nitrogens is 1. The lowest BCUT2D eigenvalue weighted by Crippen LogP contribution is -2.33. The maximum Gasteiger partial charge on any atom is 0.253 e. The zero-order valence-corrected chi connectivity index (χ0v) is 19.0. The second kappa shape index (κ2) is 9.53. The van der Waals surface area contributed by atoms with Crippen molar-refractivity contribution < 1.29 is 19.5 Å². The molecule has 1 unspecified atom stereocenters. The van der Waals surface area contributed by atoms with Crippen LogP contribution >= 0.6 is 0 Å². The van der Waals surface area contributed by atoms with Crippen LogP contribution in [0.5, 0.6) is 5.75 Å². The molecule has 1 aliphatic carbocycles. The highest BCUT2D eigenvalue weighted by Crippen LogP contribution is 2.38. The quantitative estimate of drug-likeness (QED) is 0.486. The van der Waals surface area contributed by atoms with Crippen molar-refractivity contribution in [2.75, 3.05) is 13.1 Å². The number of Topliss-reactive ketones (excluding diaryl/α,β-unsaturated/α-hetero) is 2. The molecule has 6 nitrogen and oxygen atoms in total. The van der Waals surface area contributed by atoms with Crippen molar-refractivity contribution in [3.05, 3.63) is 70.9 Å². The van der Waals surface area contributed by atoms with E-state index in [0.717, 1.165) is 31.1 Å².